The number of carbonyl (C=O) groups is 1. The van der Waals surface area contributed by atoms with Crippen molar-refractivity contribution in [3.05, 3.63) is 30.1 Å². The second-order valence-electron chi connectivity index (χ2n) is 5.72. The van der Waals surface area contributed by atoms with Crippen LogP contribution in [0.3, 0.4) is 0 Å². The number of hydrogen-bond acceptors (Lipinski definition) is 7. The number of rotatable bonds is 8. The third-order valence-electron chi connectivity index (χ3n) is 3.86. The molecular weight excluding hydrogens is 326 g/mol. The third kappa shape index (κ3) is 4.90. The van der Waals surface area contributed by atoms with E-state index in [1.807, 2.05) is 18.2 Å². The lowest BCUT2D eigenvalue weighted by Gasteiger charge is -2.15. The molecule has 1 fully saturated rings. The highest BCUT2D eigenvalue weighted by Crippen LogP contribution is 2.28. The smallest absolute Gasteiger partial charge is 0.242 e. The number of aromatic nitrogens is 4. The van der Waals surface area contributed by atoms with Gasteiger partial charge in [0.15, 0.2) is 11.5 Å². The molecule has 0 spiro atoms. The van der Waals surface area contributed by atoms with Gasteiger partial charge in [-0.1, -0.05) is 6.07 Å². The summed E-state index contributed by atoms with van der Waals surface area (Å²) in [5.74, 6) is 1.12. The molecule has 3 rings (SSSR count). The standard InChI is InChI=1S/C16H21N5O4/c1-23-15-7-12(8-17-16(22)9-21-11-18-19-20-21)4-5-14(15)25-10-13-3-2-6-24-13/h4-5,7,11,13H,2-3,6,8-10H2,1H3,(H,17,22)/t13-/m1/s1. The van der Waals surface area contributed by atoms with E-state index in [-0.39, 0.29) is 18.6 Å². The minimum absolute atomic E-state index is 0.0761. The Labute approximate surface area is 145 Å². The summed E-state index contributed by atoms with van der Waals surface area (Å²) in [5.41, 5.74) is 0.909. The molecule has 0 unspecified atom stereocenters. The van der Waals surface area contributed by atoms with Crippen LogP contribution >= 0.6 is 0 Å². The molecule has 25 heavy (non-hydrogen) atoms. The molecule has 9 nitrogen and oxygen atoms in total. The van der Waals surface area contributed by atoms with Crippen LogP contribution in [0.5, 0.6) is 11.5 Å². The van der Waals surface area contributed by atoms with E-state index in [4.69, 9.17) is 14.2 Å². The maximum atomic E-state index is 11.9. The average molecular weight is 347 g/mol. The number of ether oxygens (including phenoxy) is 3. The van der Waals surface area contributed by atoms with Crippen LogP contribution in [-0.2, 0) is 22.6 Å². The van der Waals surface area contributed by atoms with Gasteiger partial charge in [-0.2, -0.15) is 0 Å². The molecule has 1 N–H and O–H groups in total. The fourth-order valence-corrected chi connectivity index (χ4v) is 2.56. The van der Waals surface area contributed by atoms with Crippen LogP contribution in [0.1, 0.15) is 18.4 Å². The van der Waals surface area contributed by atoms with E-state index < -0.39 is 0 Å². The van der Waals surface area contributed by atoms with Crippen LogP contribution in [0.2, 0.25) is 0 Å². The minimum atomic E-state index is -0.176. The van der Waals surface area contributed by atoms with Crippen LogP contribution in [0.15, 0.2) is 24.5 Å². The van der Waals surface area contributed by atoms with Crippen molar-refractivity contribution in [3.8, 4) is 11.5 Å². The molecule has 0 saturated carbocycles. The van der Waals surface area contributed by atoms with Crippen molar-refractivity contribution in [2.45, 2.75) is 32.0 Å². The van der Waals surface area contributed by atoms with Gasteiger partial charge in [0.25, 0.3) is 0 Å². The molecule has 1 aliphatic rings. The van der Waals surface area contributed by atoms with Gasteiger partial charge in [0.2, 0.25) is 5.91 Å². The molecule has 1 amide bonds. The van der Waals surface area contributed by atoms with E-state index in [1.165, 1.54) is 11.0 Å². The molecule has 2 aromatic rings. The SMILES string of the molecule is COc1cc(CNC(=O)Cn2cnnn2)ccc1OC[C@H]1CCCO1. The van der Waals surface area contributed by atoms with Gasteiger partial charge in [-0.05, 0) is 41.0 Å². The Morgan fingerprint density at radius 3 is 3.08 bits per heavy atom. The minimum Gasteiger partial charge on any atom is -0.493 e. The van der Waals surface area contributed by atoms with Crippen LogP contribution in [0, 0.1) is 0 Å². The lowest BCUT2D eigenvalue weighted by molar-refractivity contribution is -0.122. The van der Waals surface area contributed by atoms with Gasteiger partial charge < -0.3 is 19.5 Å². The number of benzene rings is 1. The van der Waals surface area contributed by atoms with Crippen molar-refractivity contribution in [2.75, 3.05) is 20.3 Å². The Balaban J connectivity index is 1.52. The molecule has 9 heteroatoms. The van der Waals surface area contributed by atoms with E-state index in [0.29, 0.717) is 24.7 Å². The van der Waals surface area contributed by atoms with Crippen molar-refractivity contribution in [3.63, 3.8) is 0 Å². The highest BCUT2D eigenvalue weighted by atomic mass is 16.5. The molecule has 1 atom stereocenters. The Kier molecular flexibility index (Phi) is 5.78. The Hall–Kier alpha value is -2.68. The van der Waals surface area contributed by atoms with Gasteiger partial charge in [0.1, 0.15) is 19.5 Å². The third-order valence-corrected chi connectivity index (χ3v) is 3.86. The number of tetrazole rings is 1. The lowest BCUT2D eigenvalue weighted by Crippen LogP contribution is -2.27. The van der Waals surface area contributed by atoms with Gasteiger partial charge in [0.05, 0.1) is 13.2 Å². The number of nitrogens with zero attached hydrogens (tertiary/aromatic N) is 4. The van der Waals surface area contributed by atoms with E-state index in [0.717, 1.165) is 25.0 Å². The molecule has 0 aliphatic carbocycles. The van der Waals surface area contributed by atoms with E-state index in [1.54, 1.807) is 7.11 Å². The largest absolute Gasteiger partial charge is 0.493 e. The van der Waals surface area contributed by atoms with Crippen LogP contribution < -0.4 is 14.8 Å². The molecule has 134 valence electrons. The van der Waals surface area contributed by atoms with Crippen molar-refractivity contribution in [1.82, 2.24) is 25.5 Å². The maximum Gasteiger partial charge on any atom is 0.242 e. The summed E-state index contributed by atoms with van der Waals surface area (Å²) in [6, 6.07) is 5.59. The van der Waals surface area contributed by atoms with Gasteiger partial charge in [-0.3, -0.25) is 4.79 Å². The van der Waals surface area contributed by atoms with Crippen LogP contribution in [-0.4, -0.2) is 52.5 Å². The Morgan fingerprint density at radius 1 is 1.44 bits per heavy atom. The summed E-state index contributed by atoms with van der Waals surface area (Å²) >= 11 is 0. The number of hydrogen-bond donors (Lipinski definition) is 1. The fraction of sp³-hybridized carbons (Fsp3) is 0.500. The van der Waals surface area contributed by atoms with E-state index in [2.05, 4.69) is 20.8 Å². The summed E-state index contributed by atoms with van der Waals surface area (Å²) in [6.07, 6.45) is 3.64. The highest BCUT2D eigenvalue weighted by molar-refractivity contribution is 5.75. The zero-order valence-corrected chi connectivity index (χ0v) is 14.1. The first-order valence-corrected chi connectivity index (χ1v) is 8.13. The maximum absolute atomic E-state index is 11.9. The Morgan fingerprint density at radius 2 is 2.36 bits per heavy atom. The van der Waals surface area contributed by atoms with Crippen LogP contribution in [0.25, 0.3) is 0 Å². The monoisotopic (exact) mass is 347 g/mol. The van der Waals surface area contributed by atoms with Gasteiger partial charge in [-0.25, -0.2) is 4.68 Å². The van der Waals surface area contributed by atoms with Crippen molar-refractivity contribution >= 4 is 5.91 Å². The second kappa shape index (κ2) is 8.43. The highest BCUT2D eigenvalue weighted by Gasteiger charge is 2.17. The summed E-state index contributed by atoms with van der Waals surface area (Å²) in [5, 5.41) is 13.4. The topological polar surface area (TPSA) is 100 Å². The van der Waals surface area contributed by atoms with Crippen LogP contribution in [0.4, 0.5) is 0 Å². The Bertz CT molecular complexity index is 686. The predicted molar refractivity (Wildman–Crippen MR) is 87.1 cm³/mol. The first kappa shape index (κ1) is 17.2. The molecule has 0 bridgehead atoms. The number of methoxy groups -OCH3 is 1. The van der Waals surface area contributed by atoms with Gasteiger partial charge in [0, 0.05) is 13.2 Å². The summed E-state index contributed by atoms with van der Waals surface area (Å²) in [4.78, 5) is 11.9. The summed E-state index contributed by atoms with van der Waals surface area (Å²) in [7, 11) is 1.59. The second-order valence-corrected chi connectivity index (χ2v) is 5.72. The quantitative estimate of drug-likeness (QED) is 0.744. The molecule has 1 aromatic heterocycles. The van der Waals surface area contributed by atoms with E-state index >= 15 is 0 Å². The first-order chi connectivity index (χ1) is 12.2. The van der Waals surface area contributed by atoms with Crippen molar-refractivity contribution in [2.24, 2.45) is 0 Å². The normalized spacial score (nSPS) is 16.6. The number of carbonyl (C=O) groups excluding carboxylic acids is 1. The molecule has 1 aromatic carbocycles. The molecule has 1 aliphatic heterocycles. The molecule has 1 saturated heterocycles. The molecule has 0 radical (unpaired) electrons. The van der Waals surface area contributed by atoms with Gasteiger partial charge in [-0.15, -0.1) is 5.10 Å². The average Bonchev–Trinajstić information content (AvgIpc) is 3.32. The fourth-order valence-electron chi connectivity index (χ4n) is 2.56. The van der Waals surface area contributed by atoms with Crippen molar-refractivity contribution in [1.29, 1.82) is 0 Å². The summed E-state index contributed by atoms with van der Waals surface area (Å²) in [6.45, 7) is 1.77. The molecule has 2 heterocycles. The van der Waals surface area contributed by atoms with E-state index in [9.17, 15) is 4.79 Å². The molecular formula is C16H21N5O4. The van der Waals surface area contributed by atoms with Crippen molar-refractivity contribution < 1.29 is 19.0 Å². The predicted octanol–water partition coefficient (Wildman–Crippen LogP) is 0.556. The zero-order valence-electron chi connectivity index (χ0n) is 14.1. The zero-order chi connectivity index (χ0) is 17.5. The van der Waals surface area contributed by atoms with Gasteiger partial charge >= 0.3 is 0 Å². The lowest BCUT2D eigenvalue weighted by atomic mass is 10.2. The number of amides is 1. The summed E-state index contributed by atoms with van der Waals surface area (Å²) < 4.78 is 18.1. The first-order valence-electron chi connectivity index (χ1n) is 8.13. The number of nitrogens with one attached hydrogen (secondary N) is 1.